The molecule has 5 rings (SSSR count). The SMILES string of the molecule is COC[C@@H]1CN(CCN2CCN(C(=O)OC(C)(C)C)[C@H](Cc3ccc(C)c(O[Si](c4ccccc4)(c4ccccc4)C(C)(C)C)c3)C2)CCO1. The average Bonchev–Trinajstić information content (AvgIpc) is 3.07. The second kappa shape index (κ2) is 16.4. The predicted octanol–water partition coefficient (Wildman–Crippen LogP) is 5.74. The first-order chi connectivity index (χ1) is 23.8. The molecule has 0 unspecified atom stereocenters. The molecule has 3 aromatic rings. The van der Waals surface area contributed by atoms with Crippen LogP contribution in [0.25, 0.3) is 0 Å². The first-order valence-electron chi connectivity index (χ1n) is 18.2. The van der Waals surface area contributed by atoms with Crippen molar-refractivity contribution in [2.75, 3.05) is 66.1 Å². The van der Waals surface area contributed by atoms with E-state index in [9.17, 15) is 4.79 Å². The topological polar surface area (TPSA) is 63.7 Å². The van der Waals surface area contributed by atoms with Crippen LogP contribution >= 0.6 is 0 Å². The molecule has 2 aliphatic heterocycles. The Bertz CT molecular complexity index is 1480. The minimum atomic E-state index is -2.82. The van der Waals surface area contributed by atoms with E-state index in [1.807, 2.05) is 25.7 Å². The molecule has 0 saturated carbocycles. The van der Waals surface area contributed by atoms with Crippen LogP contribution in [-0.4, -0.2) is 113 Å². The Morgan fingerprint density at radius 1 is 0.840 bits per heavy atom. The summed E-state index contributed by atoms with van der Waals surface area (Å²) in [6.07, 6.45) is 0.585. The second-order valence-corrected chi connectivity index (χ2v) is 20.2. The van der Waals surface area contributed by atoms with Gasteiger partial charge in [-0.3, -0.25) is 9.80 Å². The zero-order chi connectivity index (χ0) is 35.9. The maximum Gasteiger partial charge on any atom is 0.410 e. The second-order valence-electron chi connectivity index (χ2n) is 15.9. The molecule has 0 radical (unpaired) electrons. The highest BCUT2D eigenvalue weighted by molar-refractivity contribution is 7.00. The van der Waals surface area contributed by atoms with E-state index >= 15 is 0 Å². The predicted molar refractivity (Wildman–Crippen MR) is 204 cm³/mol. The first kappa shape index (κ1) is 38.0. The molecular formula is C41H59N3O5Si. The van der Waals surface area contributed by atoms with Crippen molar-refractivity contribution in [1.82, 2.24) is 14.7 Å². The molecule has 2 heterocycles. The van der Waals surface area contributed by atoms with E-state index in [4.69, 9.17) is 18.6 Å². The number of ether oxygens (including phenoxy) is 3. The summed E-state index contributed by atoms with van der Waals surface area (Å²) in [6, 6.07) is 28.1. The number of methoxy groups -OCH3 is 1. The maximum absolute atomic E-state index is 13.6. The van der Waals surface area contributed by atoms with E-state index < -0.39 is 13.9 Å². The lowest BCUT2D eigenvalue weighted by atomic mass is 10.0. The van der Waals surface area contributed by atoms with Crippen molar-refractivity contribution in [3.63, 3.8) is 0 Å². The Labute approximate surface area is 301 Å². The molecule has 272 valence electrons. The van der Waals surface area contributed by atoms with Crippen LogP contribution in [0.5, 0.6) is 5.75 Å². The van der Waals surface area contributed by atoms with E-state index in [0.717, 1.165) is 62.8 Å². The van der Waals surface area contributed by atoms with Crippen molar-refractivity contribution < 1.29 is 23.4 Å². The van der Waals surface area contributed by atoms with E-state index in [-0.39, 0.29) is 23.3 Å². The summed E-state index contributed by atoms with van der Waals surface area (Å²) in [7, 11) is -1.09. The number of aryl methyl sites for hydroxylation is 1. The number of nitrogens with zero attached hydrogens (tertiary/aromatic N) is 3. The van der Waals surface area contributed by atoms with Gasteiger partial charge in [-0.1, -0.05) is 93.6 Å². The van der Waals surface area contributed by atoms with Crippen LogP contribution in [0.3, 0.4) is 0 Å². The molecule has 2 atom stereocenters. The van der Waals surface area contributed by atoms with Gasteiger partial charge in [0.2, 0.25) is 0 Å². The molecule has 2 fully saturated rings. The summed E-state index contributed by atoms with van der Waals surface area (Å²) in [5, 5.41) is 2.34. The molecule has 8 nitrogen and oxygen atoms in total. The van der Waals surface area contributed by atoms with Crippen LogP contribution in [0.4, 0.5) is 4.79 Å². The third kappa shape index (κ3) is 9.36. The largest absolute Gasteiger partial charge is 0.534 e. The Morgan fingerprint density at radius 3 is 2.04 bits per heavy atom. The Hall–Kier alpha value is -3.21. The van der Waals surface area contributed by atoms with Crippen LogP contribution < -0.4 is 14.8 Å². The lowest BCUT2D eigenvalue weighted by Gasteiger charge is -2.43. The monoisotopic (exact) mass is 701 g/mol. The number of carbonyl (C=O) groups is 1. The van der Waals surface area contributed by atoms with Gasteiger partial charge in [0.15, 0.2) is 0 Å². The van der Waals surface area contributed by atoms with Crippen molar-refractivity contribution >= 4 is 24.8 Å². The van der Waals surface area contributed by atoms with Crippen LogP contribution in [0.1, 0.15) is 52.7 Å². The van der Waals surface area contributed by atoms with E-state index in [1.165, 1.54) is 10.4 Å². The van der Waals surface area contributed by atoms with Crippen LogP contribution in [0.15, 0.2) is 78.9 Å². The molecule has 50 heavy (non-hydrogen) atoms. The van der Waals surface area contributed by atoms with Crippen molar-refractivity contribution in [3.05, 3.63) is 90.0 Å². The summed E-state index contributed by atoms with van der Waals surface area (Å²) >= 11 is 0. The Balaban J connectivity index is 1.41. The van der Waals surface area contributed by atoms with Crippen molar-refractivity contribution in [1.29, 1.82) is 0 Å². The lowest BCUT2D eigenvalue weighted by Crippen LogP contribution is -2.68. The fourth-order valence-corrected chi connectivity index (χ4v) is 11.9. The normalized spacial score (nSPS) is 19.7. The van der Waals surface area contributed by atoms with Gasteiger partial charge in [0.25, 0.3) is 0 Å². The number of benzene rings is 3. The van der Waals surface area contributed by atoms with Gasteiger partial charge in [0.1, 0.15) is 11.4 Å². The smallest absolute Gasteiger partial charge is 0.410 e. The van der Waals surface area contributed by atoms with Crippen molar-refractivity contribution in [3.8, 4) is 5.75 Å². The van der Waals surface area contributed by atoms with E-state index in [2.05, 4.69) is 116 Å². The van der Waals surface area contributed by atoms with Gasteiger partial charge < -0.3 is 23.5 Å². The lowest BCUT2D eigenvalue weighted by molar-refractivity contribution is -0.0634. The van der Waals surface area contributed by atoms with Crippen molar-refractivity contribution in [2.45, 2.75) is 77.7 Å². The molecular weight excluding hydrogens is 643 g/mol. The number of piperazine rings is 1. The number of amides is 1. The summed E-state index contributed by atoms with van der Waals surface area (Å²) in [4.78, 5) is 20.5. The average molecular weight is 702 g/mol. The molecule has 0 spiro atoms. The summed E-state index contributed by atoms with van der Waals surface area (Å²) in [5.41, 5.74) is 1.70. The fourth-order valence-electron chi connectivity index (χ4n) is 7.38. The molecule has 2 saturated heterocycles. The molecule has 1 amide bonds. The molecule has 3 aromatic carbocycles. The highest BCUT2D eigenvalue weighted by Crippen LogP contribution is 2.38. The van der Waals surface area contributed by atoms with Crippen LogP contribution in [-0.2, 0) is 20.6 Å². The number of hydrogen-bond donors (Lipinski definition) is 0. The third-order valence-electron chi connectivity index (χ3n) is 9.91. The van der Waals surface area contributed by atoms with E-state index in [1.54, 1.807) is 7.11 Å². The zero-order valence-corrected chi connectivity index (χ0v) is 32.6. The van der Waals surface area contributed by atoms with Gasteiger partial charge in [-0.15, -0.1) is 0 Å². The fraction of sp³-hybridized carbons (Fsp3) is 0.537. The molecule has 0 bridgehead atoms. The number of rotatable bonds is 11. The van der Waals surface area contributed by atoms with E-state index in [0.29, 0.717) is 19.6 Å². The molecule has 0 N–H and O–H groups in total. The number of carbonyl (C=O) groups excluding carboxylic acids is 1. The van der Waals surface area contributed by atoms with Crippen LogP contribution in [0.2, 0.25) is 5.04 Å². The molecule has 9 heteroatoms. The van der Waals surface area contributed by atoms with Crippen LogP contribution in [0, 0.1) is 6.92 Å². The number of morpholine rings is 1. The van der Waals surface area contributed by atoms with Gasteiger partial charge in [-0.25, -0.2) is 4.79 Å². The number of hydrogen-bond acceptors (Lipinski definition) is 7. The van der Waals surface area contributed by atoms with Gasteiger partial charge in [0.05, 0.1) is 25.4 Å². The standard InChI is InChI=1S/C41H59N3O5Si/c1-32-19-20-33(28-38(32)49-50(41(5,6)7,36-15-11-9-12-16-36)37-17-13-10-14-18-37)27-34-29-42(23-24-44(34)39(45)48-40(2,3)4)21-22-43-25-26-47-35(30-43)31-46-8/h9-20,28,34-35H,21-27,29-31H2,1-8H3/t34-,35+/m1/s1. The highest BCUT2D eigenvalue weighted by atomic mass is 28.4. The zero-order valence-electron chi connectivity index (χ0n) is 31.6. The Morgan fingerprint density at radius 2 is 1.46 bits per heavy atom. The minimum absolute atomic E-state index is 0.0343. The quantitative estimate of drug-likeness (QED) is 0.236. The summed E-state index contributed by atoms with van der Waals surface area (Å²) in [5.74, 6) is 0.909. The molecule has 0 aliphatic carbocycles. The maximum atomic E-state index is 13.6. The van der Waals surface area contributed by atoms with Gasteiger partial charge in [-0.05, 0) is 66.7 Å². The van der Waals surface area contributed by atoms with Crippen molar-refractivity contribution in [2.24, 2.45) is 0 Å². The van der Waals surface area contributed by atoms with Gasteiger partial charge in [0, 0.05) is 52.9 Å². The minimum Gasteiger partial charge on any atom is -0.534 e. The molecule has 0 aromatic heterocycles. The molecule has 2 aliphatic rings. The summed E-state index contributed by atoms with van der Waals surface area (Å²) in [6.45, 7) is 22.2. The van der Waals surface area contributed by atoms with Gasteiger partial charge in [-0.2, -0.15) is 0 Å². The first-order valence-corrected chi connectivity index (χ1v) is 20.1. The summed E-state index contributed by atoms with van der Waals surface area (Å²) < 4.78 is 24.6. The third-order valence-corrected chi connectivity index (χ3v) is 14.8. The van der Waals surface area contributed by atoms with Gasteiger partial charge >= 0.3 is 14.4 Å². The Kier molecular flexibility index (Phi) is 12.5. The highest BCUT2D eigenvalue weighted by Gasteiger charge is 2.52.